The highest BCUT2D eigenvalue weighted by Crippen LogP contribution is 2.32. The summed E-state index contributed by atoms with van der Waals surface area (Å²) in [6.45, 7) is 3.01. The van der Waals surface area contributed by atoms with Gasteiger partial charge in [-0.1, -0.05) is 0 Å². The van der Waals surface area contributed by atoms with E-state index in [1.54, 1.807) is 0 Å². The number of aromatic nitrogens is 2. The van der Waals surface area contributed by atoms with Crippen molar-refractivity contribution in [3.63, 3.8) is 0 Å². The van der Waals surface area contributed by atoms with Gasteiger partial charge in [0.2, 0.25) is 0 Å². The average molecular weight is 348 g/mol. The van der Waals surface area contributed by atoms with E-state index in [-0.39, 0.29) is 18.7 Å². The molecule has 2 heterocycles. The summed E-state index contributed by atoms with van der Waals surface area (Å²) in [5.41, 5.74) is 2.28. The van der Waals surface area contributed by atoms with Crippen molar-refractivity contribution in [3.8, 4) is 0 Å². The second-order valence-electron chi connectivity index (χ2n) is 7.50. The molecule has 3 aliphatic rings. The molecule has 138 valence electrons. The quantitative estimate of drug-likeness (QED) is 0.816. The van der Waals surface area contributed by atoms with Crippen LogP contribution in [0.3, 0.4) is 0 Å². The van der Waals surface area contributed by atoms with Crippen molar-refractivity contribution >= 4 is 6.03 Å². The zero-order valence-corrected chi connectivity index (χ0v) is 14.7. The van der Waals surface area contributed by atoms with Gasteiger partial charge >= 0.3 is 6.03 Å². The fourth-order valence-corrected chi connectivity index (χ4v) is 4.08. The number of hydrogen-bond acceptors (Lipinski definition) is 4. The monoisotopic (exact) mass is 348 g/mol. The molecule has 7 heteroatoms. The molecule has 4 rings (SSSR count). The molecular formula is C18H28N4O3. The van der Waals surface area contributed by atoms with E-state index in [9.17, 15) is 9.90 Å². The minimum absolute atomic E-state index is 0.0322. The number of carbonyl (C=O) groups is 1. The number of fused-ring (bicyclic) bond motifs is 1. The maximum absolute atomic E-state index is 12.9. The van der Waals surface area contributed by atoms with Crippen molar-refractivity contribution in [3.05, 3.63) is 17.5 Å². The predicted octanol–water partition coefficient (Wildman–Crippen LogP) is 1.46. The molecule has 2 aliphatic carbocycles. The van der Waals surface area contributed by atoms with E-state index < -0.39 is 0 Å². The molecule has 2 N–H and O–H groups in total. The van der Waals surface area contributed by atoms with E-state index in [1.165, 1.54) is 0 Å². The average Bonchev–Trinajstić information content (AvgIpc) is 3.15. The molecular weight excluding hydrogens is 320 g/mol. The first-order valence-corrected chi connectivity index (χ1v) is 9.56. The zero-order valence-electron chi connectivity index (χ0n) is 14.7. The Labute approximate surface area is 148 Å². The van der Waals surface area contributed by atoms with Gasteiger partial charge in [-0.25, -0.2) is 4.79 Å². The number of carbonyl (C=O) groups excluding carboxylic acids is 1. The number of hydrogen-bond donors (Lipinski definition) is 2. The van der Waals surface area contributed by atoms with Gasteiger partial charge in [-0.15, -0.1) is 0 Å². The third-order valence-electron chi connectivity index (χ3n) is 5.60. The van der Waals surface area contributed by atoms with Crippen LogP contribution < -0.4 is 5.32 Å². The van der Waals surface area contributed by atoms with Crippen LogP contribution in [0.15, 0.2) is 6.20 Å². The van der Waals surface area contributed by atoms with Gasteiger partial charge in [0.25, 0.3) is 0 Å². The van der Waals surface area contributed by atoms with Gasteiger partial charge in [0.15, 0.2) is 0 Å². The molecule has 1 saturated heterocycles. The summed E-state index contributed by atoms with van der Waals surface area (Å²) in [6, 6.07) is 0.493. The molecule has 1 aromatic rings. The highest BCUT2D eigenvalue weighted by molar-refractivity contribution is 5.75. The van der Waals surface area contributed by atoms with Gasteiger partial charge in [-0.05, 0) is 38.5 Å². The van der Waals surface area contributed by atoms with Gasteiger partial charge in [0, 0.05) is 36.4 Å². The van der Waals surface area contributed by atoms with Crippen molar-refractivity contribution in [2.45, 2.75) is 57.2 Å². The van der Waals surface area contributed by atoms with E-state index >= 15 is 0 Å². The standard InChI is InChI=1S/C18H28N4O3/c23-8-7-22-17-3-1-2-16(15(17)10-19-22)20-18(24)21(14-4-5-14)11-13-6-9-25-12-13/h10,13-14,16,23H,1-9,11-12H2,(H,20,24)/t13-,16+/m1/s1. The Kier molecular flexibility index (Phi) is 4.94. The first-order valence-electron chi connectivity index (χ1n) is 9.56. The molecule has 1 aliphatic heterocycles. The third kappa shape index (κ3) is 3.67. The van der Waals surface area contributed by atoms with Gasteiger partial charge in [-0.2, -0.15) is 5.10 Å². The Balaban J connectivity index is 1.43. The summed E-state index contributed by atoms with van der Waals surface area (Å²) in [4.78, 5) is 15.0. The van der Waals surface area contributed by atoms with Crippen molar-refractivity contribution in [1.29, 1.82) is 0 Å². The van der Waals surface area contributed by atoms with E-state index in [0.717, 1.165) is 69.5 Å². The normalized spacial score (nSPS) is 25.6. The number of rotatable bonds is 6. The van der Waals surface area contributed by atoms with Gasteiger partial charge in [-0.3, -0.25) is 4.68 Å². The predicted molar refractivity (Wildman–Crippen MR) is 92.2 cm³/mol. The lowest BCUT2D eigenvalue weighted by Gasteiger charge is -2.30. The van der Waals surface area contributed by atoms with Crippen molar-refractivity contribution < 1.29 is 14.6 Å². The fraction of sp³-hybridized carbons (Fsp3) is 0.778. The Hall–Kier alpha value is -1.60. The van der Waals surface area contributed by atoms with E-state index in [1.807, 2.05) is 15.8 Å². The summed E-state index contributed by atoms with van der Waals surface area (Å²) in [5, 5.41) is 16.8. The number of aliphatic hydroxyl groups is 1. The molecule has 2 amide bonds. The van der Waals surface area contributed by atoms with E-state index in [4.69, 9.17) is 4.74 Å². The summed E-state index contributed by atoms with van der Waals surface area (Å²) in [7, 11) is 0. The molecule has 0 spiro atoms. The SMILES string of the molecule is O=C(N[C@H]1CCCc2c1cnn2CCO)N(C[C@H]1CCOC1)C1CC1. The maximum Gasteiger partial charge on any atom is 0.318 e. The van der Waals surface area contributed by atoms with Crippen LogP contribution in [0.25, 0.3) is 0 Å². The van der Waals surface area contributed by atoms with Gasteiger partial charge < -0.3 is 20.1 Å². The number of ether oxygens (including phenoxy) is 1. The molecule has 2 fully saturated rings. The minimum atomic E-state index is 0.0322. The highest BCUT2D eigenvalue weighted by atomic mass is 16.5. The molecule has 0 aromatic carbocycles. The van der Waals surface area contributed by atoms with Crippen molar-refractivity contribution in [2.75, 3.05) is 26.4 Å². The zero-order chi connectivity index (χ0) is 17.2. The Morgan fingerprint density at radius 1 is 1.40 bits per heavy atom. The van der Waals surface area contributed by atoms with Crippen molar-refractivity contribution in [1.82, 2.24) is 20.0 Å². The van der Waals surface area contributed by atoms with Crippen LogP contribution in [0.2, 0.25) is 0 Å². The number of urea groups is 1. The number of amides is 2. The second-order valence-corrected chi connectivity index (χ2v) is 7.50. The van der Waals surface area contributed by atoms with Gasteiger partial charge in [0.1, 0.15) is 0 Å². The number of nitrogens with one attached hydrogen (secondary N) is 1. The van der Waals surface area contributed by atoms with Gasteiger partial charge in [0.05, 0.1) is 32.0 Å². The van der Waals surface area contributed by atoms with Crippen LogP contribution in [0.4, 0.5) is 4.79 Å². The number of nitrogens with zero attached hydrogens (tertiary/aromatic N) is 3. The summed E-state index contributed by atoms with van der Waals surface area (Å²) < 4.78 is 7.35. The number of aliphatic hydroxyl groups excluding tert-OH is 1. The van der Waals surface area contributed by atoms with Crippen molar-refractivity contribution in [2.24, 2.45) is 5.92 Å². The lowest BCUT2D eigenvalue weighted by molar-refractivity contribution is 0.159. The topological polar surface area (TPSA) is 79.6 Å². The Morgan fingerprint density at radius 2 is 2.28 bits per heavy atom. The smallest absolute Gasteiger partial charge is 0.318 e. The molecule has 1 aromatic heterocycles. The molecule has 25 heavy (non-hydrogen) atoms. The Morgan fingerprint density at radius 3 is 3.00 bits per heavy atom. The van der Waals surface area contributed by atoms with Crippen LogP contribution in [0.5, 0.6) is 0 Å². The summed E-state index contributed by atoms with van der Waals surface area (Å²) >= 11 is 0. The Bertz CT molecular complexity index is 607. The lowest BCUT2D eigenvalue weighted by atomic mass is 9.93. The van der Waals surface area contributed by atoms with Crippen LogP contribution in [0.1, 0.15) is 49.4 Å². The van der Waals surface area contributed by atoms with E-state index in [0.29, 0.717) is 18.5 Å². The molecule has 2 atom stereocenters. The molecule has 0 bridgehead atoms. The van der Waals surface area contributed by atoms with Crippen LogP contribution in [-0.4, -0.2) is 58.2 Å². The minimum Gasteiger partial charge on any atom is -0.394 e. The van der Waals surface area contributed by atoms with Crippen LogP contribution in [0, 0.1) is 5.92 Å². The summed E-state index contributed by atoms with van der Waals surface area (Å²) in [5.74, 6) is 0.473. The molecule has 7 nitrogen and oxygen atoms in total. The maximum atomic E-state index is 12.9. The molecule has 1 saturated carbocycles. The third-order valence-corrected chi connectivity index (χ3v) is 5.60. The van der Waals surface area contributed by atoms with Crippen LogP contribution in [-0.2, 0) is 17.7 Å². The largest absolute Gasteiger partial charge is 0.394 e. The second kappa shape index (κ2) is 7.33. The lowest BCUT2D eigenvalue weighted by Crippen LogP contribution is -2.45. The molecule has 0 radical (unpaired) electrons. The highest BCUT2D eigenvalue weighted by Gasteiger charge is 2.36. The molecule has 0 unspecified atom stereocenters. The first kappa shape index (κ1) is 16.8. The summed E-state index contributed by atoms with van der Waals surface area (Å²) in [6.07, 6.45) is 8.10. The fourth-order valence-electron chi connectivity index (χ4n) is 4.08. The van der Waals surface area contributed by atoms with E-state index in [2.05, 4.69) is 10.4 Å². The van der Waals surface area contributed by atoms with Crippen LogP contribution >= 0.6 is 0 Å². The first-order chi connectivity index (χ1) is 12.3.